The number of ether oxygens (including phenoxy) is 1. The van der Waals surface area contributed by atoms with Crippen molar-refractivity contribution in [1.82, 2.24) is 0 Å². The average Bonchev–Trinajstić information content (AvgIpc) is 2.60. The lowest BCUT2D eigenvalue weighted by Crippen LogP contribution is -2.16. The van der Waals surface area contributed by atoms with Gasteiger partial charge in [-0.1, -0.05) is 60.7 Å². The first-order valence-corrected chi connectivity index (χ1v) is 8.15. The third-order valence-corrected chi connectivity index (χ3v) is 4.37. The fourth-order valence-electron chi connectivity index (χ4n) is 3.04. The van der Waals surface area contributed by atoms with E-state index in [2.05, 4.69) is 55.5 Å². The highest BCUT2D eigenvalue weighted by molar-refractivity contribution is 5.86. The Hall–Kier alpha value is -2.32. The van der Waals surface area contributed by atoms with Crippen molar-refractivity contribution in [3.8, 4) is 5.75 Å². The second-order valence-corrected chi connectivity index (χ2v) is 5.90. The predicted octanol–water partition coefficient (Wildman–Crippen LogP) is 4.66. The first-order valence-electron chi connectivity index (χ1n) is 8.15. The van der Waals surface area contributed by atoms with E-state index < -0.39 is 0 Å². The van der Waals surface area contributed by atoms with E-state index in [0.717, 1.165) is 12.2 Å². The minimum atomic E-state index is 0.310. The van der Waals surface area contributed by atoms with Gasteiger partial charge in [0, 0.05) is 0 Å². The Morgan fingerprint density at radius 3 is 2.48 bits per heavy atom. The normalized spacial score (nSPS) is 12.3. The first-order chi connectivity index (χ1) is 11.3. The van der Waals surface area contributed by atoms with Crippen LogP contribution in [0.3, 0.4) is 0 Å². The third-order valence-electron chi connectivity index (χ3n) is 4.37. The molecule has 3 rings (SSSR count). The highest BCUT2D eigenvalue weighted by Gasteiger charge is 2.13. The molecular formula is C21H23NO. The number of hydrogen-bond acceptors (Lipinski definition) is 2. The SMILES string of the molecule is Cc1ccccc1OCCC(CN)c1cccc2ccccc12. The zero-order valence-electron chi connectivity index (χ0n) is 13.5. The van der Waals surface area contributed by atoms with Gasteiger partial charge in [-0.15, -0.1) is 0 Å². The minimum absolute atomic E-state index is 0.310. The maximum absolute atomic E-state index is 6.05. The summed E-state index contributed by atoms with van der Waals surface area (Å²) >= 11 is 0. The molecule has 0 aliphatic rings. The van der Waals surface area contributed by atoms with E-state index in [4.69, 9.17) is 10.5 Å². The summed E-state index contributed by atoms with van der Waals surface area (Å²) < 4.78 is 5.95. The molecule has 2 N–H and O–H groups in total. The van der Waals surface area contributed by atoms with Crippen LogP contribution in [0.1, 0.15) is 23.5 Å². The molecule has 0 saturated heterocycles. The number of hydrogen-bond donors (Lipinski definition) is 1. The number of benzene rings is 3. The van der Waals surface area contributed by atoms with Gasteiger partial charge in [-0.25, -0.2) is 0 Å². The number of aryl methyl sites for hydroxylation is 1. The summed E-state index contributed by atoms with van der Waals surface area (Å²) in [5, 5.41) is 2.56. The molecule has 0 aromatic heterocycles. The third kappa shape index (κ3) is 3.54. The summed E-state index contributed by atoms with van der Waals surface area (Å²) in [5.41, 5.74) is 8.54. The largest absolute Gasteiger partial charge is 0.493 e. The van der Waals surface area contributed by atoms with Crippen LogP contribution in [0.25, 0.3) is 10.8 Å². The van der Waals surface area contributed by atoms with Crippen LogP contribution < -0.4 is 10.5 Å². The van der Waals surface area contributed by atoms with E-state index >= 15 is 0 Å². The van der Waals surface area contributed by atoms with Gasteiger partial charge in [0.05, 0.1) is 6.61 Å². The molecule has 0 aliphatic heterocycles. The smallest absolute Gasteiger partial charge is 0.122 e. The zero-order valence-corrected chi connectivity index (χ0v) is 13.5. The van der Waals surface area contributed by atoms with Crippen molar-refractivity contribution in [1.29, 1.82) is 0 Å². The molecule has 0 amide bonds. The summed E-state index contributed by atoms with van der Waals surface area (Å²) in [4.78, 5) is 0. The quantitative estimate of drug-likeness (QED) is 0.719. The van der Waals surface area contributed by atoms with Gasteiger partial charge in [0.2, 0.25) is 0 Å². The molecule has 2 heteroatoms. The Bertz CT molecular complexity index is 776. The van der Waals surface area contributed by atoms with Crippen LogP contribution in [0.5, 0.6) is 5.75 Å². The highest BCUT2D eigenvalue weighted by atomic mass is 16.5. The Balaban J connectivity index is 1.74. The van der Waals surface area contributed by atoms with Gasteiger partial charge in [-0.05, 0) is 53.8 Å². The molecule has 1 atom stereocenters. The standard InChI is InChI=1S/C21H23NO/c1-16-7-2-5-12-21(16)23-14-13-18(15-22)20-11-6-9-17-8-3-4-10-19(17)20/h2-12,18H,13-15,22H2,1H3. The zero-order chi connectivity index (χ0) is 16.1. The van der Waals surface area contributed by atoms with Gasteiger partial charge in [-0.3, -0.25) is 0 Å². The lowest BCUT2D eigenvalue weighted by molar-refractivity contribution is 0.297. The molecule has 0 heterocycles. The van der Waals surface area contributed by atoms with Crippen LogP contribution in [0, 0.1) is 6.92 Å². The second kappa shape index (κ2) is 7.30. The highest BCUT2D eigenvalue weighted by Crippen LogP contribution is 2.27. The predicted molar refractivity (Wildman–Crippen MR) is 97.0 cm³/mol. The summed E-state index contributed by atoms with van der Waals surface area (Å²) in [6, 6.07) is 23.1. The molecule has 0 aliphatic carbocycles. The van der Waals surface area contributed by atoms with Gasteiger partial charge in [0.15, 0.2) is 0 Å². The Labute approximate surface area is 137 Å². The van der Waals surface area contributed by atoms with Crippen LogP contribution in [0.15, 0.2) is 66.7 Å². The van der Waals surface area contributed by atoms with Crippen LogP contribution in [0.4, 0.5) is 0 Å². The van der Waals surface area contributed by atoms with E-state index in [1.807, 2.05) is 18.2 Å². The van der Waals surface area contributed by atoms with Gasteiger partial charge in [0.25, 0.3) is 0 Å². The van der Waals surface area contributed by atoms with Crippen molar-refractivity contribution in [2.45, 2.75) is 19.3 Å². The molecule has 3 aromatic rings. The van der Waals surface area contributed by atoms with E-state index in [1.54, 1.807) is 0 Å². The topological polar surface area (TPSA) is 35.2 Å². The number of nitrogens with two attached hydrogens (primary N) is 1. The van der Waals surface area contributed by atoms with Crippen LogP contribution >= 0.6 is 0 Å². The van der Waals surface area contributed by atoms with Crippen molar-refractivity contribution >= 4 is 10.8 Å². The maximum Gasteiger partial charge on any atom is 0.122 e. The fraction of sp³-hybridized carbons (Fsp3) is 0.238. The van der Waals surface area contributed by atoms with Gasteiger partial charge in [-0.2, -0.15) is 0 Å². The van der Waals surface area contributed by atoms with Crippen molar-refractivity contribution in [2.24, 2.45) is 5.73 Å². The first kappa shape index (κ1) is 15.6. The van der Waals surface area contributed by atoms with Crippen molar-refractivity contribution < 1.29 is 4.74 Å². The summed E-state index contributed by atoms with van der Waals surface area (Å²) in [7, 11) is 0. The van der Waals surface area contributed by atoms with Crippen molar-refractivity contribution in [2.75, 3.05) is 13.2 Å². The molecule has 0 spiro atoms. The van der Waals surface area contributed by atoms with Gasteiger partial charge in [0.1, 0.15) is 5.75 Å². The van der Waals surface area contributed by atoms with E-state index in [1.165, 1.54) is 21.9 Å². The second-order valence-electron chi connectivity index (χ2n) is 5.90. The molecule has 3 aromatic carbocycles. The molecule has 0 fully saturated rings. The Morgan fingerprint density at radius 2 is 1.65 bits per heavy atom. The van der Waals surface area contributed by atoms with E-state index in [-0.39, 0.29) is 0 Å². The summed E-state index contributed by atoms with van der Waals surface area (Å²) in [6.45, 7) is 3.38. The average molecular weight is 305 g/mol. The minimum Gasteiger partial charge on any atom is -0.493 e. The molecular weight excluding hydrogens is 282 g/mol. The summed E-state index contributed by atoms with van der Waals surface area (Å²) in [6.07, 6.45) is 0.916. The monoisotopic (exact) mass is 305 g/mol. The molecule has 0 bridgehead atoms. The van der Waals surface area contributed by atoms with Gasteiger partial charge < -0.3 is 10.5 Å². The van der Waals surface area contributed by atoms with Crippen LogP contribution in [0.2, 0.25) is 0 Å². The van der Waals surface area contributed by atoms with Gasteiger partial charge >= 0.3 is 0 Å². The lowest BCUT2D eigenvalue weighted by atomic mass is 9.91. The number of rotatable bonds is 6. The van der Waals surface area contributed by atoms with Crippen LogP contribution in [-0.2, 0) is 0 Å². The molecule has 0 radical (unpaired) electrons. The number of fused-ring (bicyclic) bond motifs is 1. The number of para-hydroxylation sites is 1. The Morgan fingerprint density at radius 1 is 0.913 bits per heavy atom. The lowest BCUT2D eigenvalue weighted by Gasteiger charge is -2.18. The van der Waals surface area contributed by atoms with Crippen molar-refractivity contribution in [3.63, 3.8) is 0 Å². The summed E-state index contributed by atoms with van der Waals surface area (Å²) in [5.74, 6) is 1.27. The molecule has 2 nitrogen and oxygen atoms in total. The Kier molecular flexibility index (Phi) is 4.94. The van der Waals surface area contributed by atoms with E-state index in [0.29, 0.717) is 19.1 Å². The molecule has 23 heavy (non-hydrogen) atoms. The molecule has 118 valence electrons. The molecule has 1 unspecified atom stereocenters. The van der Waals surface area contributed by atoms with E-state index in [9.17, 15) is 0 Å². The molecule has 0 saturated carbocycles. The van der Waals surface area contributed by atoms with Crippen LogP contribution in [-0.4, -0.2) is 13.2 Å². The fourth-order valence-corrected chi connectivity index (χ4v) is 3.04. The maximum atomic E-state index is 6.05. The van der Waals surface area contributed by atoms with Crippen molar-refractivity contribution in [3.05, 3.63) is 77.9 Å².